The Morgan fingerprint density at radius 2 is 0.400 bits per heavy atom. The van der Waals surface area contributed by atoms with Gasteiger partial charge in [0.25, 0.3) is 0 Å². The van der Waals surface area contributed by atoms with Crippen LogP contribution in [-0.4, -0.2) is 52.4 Å². The van der Waals surface area contributed by atoms with E-state index in [-0.39, 0.29) is 65.8 Å². The quantitative estimate of drug-likeness (QED) is 0.120. The van der Waals surface area contributed by atoms with E-state index >= 15 is 0 Å². The number of benzene rings is 9. The van der Waals surface area contributed by atoms with E-state index in [1.807, 2.05) is 72.8 Å². The molecule has 8 aliphatic rings. The molecule has 4 aromatic heterocycles. The molecule has 13 aromatic rings. The lowest BCUT2D eigenvalue weighted by atomic mass is 9.69. The summed E-state index contributed by atoms with van der Waals surface area (Å²) in [4.78, 5) is 73.2. The van der Waals surface area contributed by atoms with Gasteiger partial charge < -0.3 is 47.1 Å². The van der Waals surface area contributed by atoms with Crippen molar-refractivity contribution in [3.63, 3.8) is 0 Å². The molecule has 120 heavy (non-hydrogen) atoms. The summed E-state index contributed by atoms with van der Waals surface area (Å²) >= 11 is 0. The van der Waals surface area contributed by atoms with Crippen LogP contribution in [0.25, 0.3) is 88.4 Å². The van der Waals surface area contributed by atoms with E-state index in [0.717, 1.165) is 204 Å². The molecule has 0 radical (unpaired) electrons. The van der Waals surface area contributed by atoms with E-state index < -0.39 is 0 Å². The SMILES string of the molecule is CC1(C)CCN2CCC(C)(C)c3c2c1cc1cc(-c2ccc(N(c4ccc(-c5cc6cc7c8c(c6oc5=O)C(C)(C)CCN8CCC7(C)C)cc4)c4ccc(N(c5ccc(-c6cc7cc8c9c(c7oc6=O)C(C)(C)CCN9CCC8(C)C)cc5)c5ccc(-c6cc7cc8c9c(c7oc6=O)C(C)(C)CCN9CCC8(C)C)cc5)cc4)cc2)c(=O)oc31. The summed E-state index contributed by atoms with van der Waals surface area (Å²) in [5.41, 5.74) is 24.8. The van der Waals surface area contributed by atoms with Crippen LogP contribution in [-0.2, 0) is 43.3 Å². The molecular formula is C106H108N6O8. The highest BCUT2D eigenvalue weighted by Gasteiger charge is 2.48. The highest BCUT2D eigenvalue weighted by molar-refractivity contribution is 5.98. The third-order valence-electron chi connectivity index (χ3n) is 30.0. The Balaban J connectivity index is 0.688. The van der Waals surface area contributed by atoms with Gasteiger partial charge in [0.05, 0.1) is 22.3 Å². The van der Waals surface area contributed by atoms with Gasteiger partial charge in [-0.3, -0.25) is 0 Å². The monoisotopic (exact) mass is 1590 g/mol. The molecule has 14 heteroatoms. The summed E-state index contributed by atoms with van der Waals surface area (Å²) in [5.74, 6) is 0. The van der Waals surface area contributed by atoms with Crippen molar-refractivity contribution in [3.05, 3.63) is 256 Å². The molecule has 0 fully saturated rings. The van der Waals surface area contributed by atoms with Crippen LogP contribution in [0.2, 0.25) is 0 Å². The summed E-state index contributed by atoms with van der Waals surface area (Å²) in [7, 11) is 0. The molecule has 9 aromatic carbocycles. The van der Waals surface area contributed by atoms with Crippen molar-refractivity contribution in [3.8, 4) is 44.5 Å². The van der Waals surface area contributed by atoms with Crippen molar-refractivity contribution in [2.24, 2.45) is 0 Å². The summed E-state index contributed by atoms with van der Waals surface area (Å²) in [5, 5.41) is 3.71. The first-order valence-electron chi connectivity index (χ1n) is 43.8. The molecule has 0 atom stereocenters. The summed E-state index contributed by atoms with van der Waals surface area (Å²) in [6, 6.07) is 58.5. The molecular weight excluding hydrogens is 1490 g/mol. The van der Waals surface area contributed by atoms with Gasteiger partial charge >= 0.3 is 22.5 Å². The van der Waals surface area contributed by atoms with E-state index in [2.05, 4.69) is 237 Å². The van der Waals surface area contributed by atoms with Crippen LogP contribution >= 0.6 is 0 Å². The molecule has 0 bridgehead atoms. The second kappa shape index (κ2) is 26.1. The molecule has 0 saturated heterocycles. The second-order valence-corrected chi connectivity index (χ2v) is 41.4. The molecule has 12 heterocycles. The van der Waals surface area contributed by atoms with Crippen molar-refractivity contribution >= 4 is 101 Å². The molecule has 610 valence electrons. The minimum Gasteiger partial charge on any atom is -0.422 e. The van der Waals surface area contributed by atoms with Gasteiger partial charge in [-0.25, -0.2) is 19.2 Å². The molecule has 0 saturated carbocycles. The lowest BCUT2D eigenvalue weighted by molar-refractivity contribution is 0.398. The van der Waals surface area contributed by atoms with Crippen LogP contribution in [0.5, 0.6) is 0 Å². The maximum absolute atomic E-state index is 14.7. The van der Waals surface area contributed by atoms with E-state index in [0.29, 0.717) is 44.6 Å². The number of fused-ring (bicyclic) bond motifs is 8. The maximum atomic E-state index is 14.7. The number of hydrogen-bond donors (Lipinski definition) is 0. The van der Waals surface area contributed by atoms with E-state index in [9.17, 15) is 19.2 Å². The average Bonchev–Trinajstić information content (AvgIpc) is 0.724. The largest absolute Gasteiger partial charge is 0.422 e. The van der Waals surface area contributed by atoms with Gasteiger partial charge in [-0.2, -0.15) is 0 Å². The van der Waals surface area contributed by atoms with Crippen molar-refractivity contribution in [2.75, 3.05) is 81.8 Å². The van der Waals surface area contributed by atoms with Gasteiger partial charge in [0.1, 0.15) is 22.3 Å². The van der Waals surface area contributed by atoms with Crippen LogP contribution in [0.15, 0.2) is 207 Å². The zero-order valence-corrected chi connectivity index (χ0v) is 72.4. The second-order valence-electron chi connectivity index (χ2n) is 41.4. The van der Waals surface area contributed by atoms with Crippen molar-refractivity contribution in [1.82, 2.24) is 0 Å². The van der Waals surface area contributed by atoms with Crippen LogP contribution in [0.3, 0.4) is 0 Å². The smallest absolute Gasteiger partial charge is 0.344 e. The Kier molecular flexibility index (Phi) is 16.5. The Bertz CT molecular complexity index is 5990. The molecule has 0 amide bonds. The standard InChI is InChI=1S/C106H108N6O8/c1-99(2)37-45-107-49-41-103(9,10)83-87(107)79(99)57-65-53-75(95(113)117-91(65)83)61-17-25-69(26-18-61)111(70-27-19-62(20-28-70)76-54-66-58-80-88-84(92(66)118-96(76)114)104(11,12)42-50-108(88)46-38-100(80,3)4)73-33-35-74(36-34-73)112(71-29-21-63(22-30-71)77-55-67-59-81-89-85(93(67)119-97(77)115)105(13,14)43-51-109(89)47-39-101(81,5)6)72-31-23-64(24-32-72)78-56-68-60-82-90-86(94(68)120-98(78)116)106(15,16)44-52-110(90)48-40-102(82,7)8/h17-36,53-60H,37-52H2,1-16H3. The van der Waals surface area contributed by atoms with Crippen molar-refractivity contribution in [2.45, 2.75) is 205 Å². The molecule has 0 unspecified atom stereocenters. The van der Waals surface area contributed by atoms with Gasteiger partial charge in [0.2, 0.25) is 0 Å². The normalized spacial score (nSPS) is 19.4. The zero-order valence-electron chi connectivity index (χ0n) is 72.4. The van der Waals surface area contributed by atoms with Crippen LogP contribution in [0.1, 0.15) is 207 Å². The number of hydrogen-bond acceptors (Lipinski definition) is 14. The van der Waals surface area contributed by atoms with E-state index in [4.69, 9.17) is 17.7 Å². The van der Waals surface area contributed by atoms with E-state index in [1.54, 1.807) is 0 Å². The van der Waals surface area contributed by atoms with Gasteiger partial charge in [-0.05, 0) is 261 Å². The van der Waals surface area contributed by atoms with Crippen LogP contribution in [0.4, 0.5) is 56.9 Å². The maximum Gasteiger partial charge on any atom is 0.344 e. The zero-order chi connectivity index (χ0) is 83.3. The van der Waals surface area contributed by atoms with Gasteiger partial charge in [0.15, 0.2) is 0 Å². The van der Waals surface area contributed by atoms with Gasteiger partial charge in [-0.15, -0.1) is 0 Å². The van der Waals surface area contributed by atoms with Crippen LogP contribution in [0, 0.1) is 0 Å². The molecule has 0 spiro atoms. The number of anilines is 10. The lowest BCUT2D eigenvalue weighted by Gasteiger charge is -2.48. The molecule has 21 rings (SSSR count). The predicted molar refractivity (Wildman–Crippen MR) is 492 cm³/mol. The fourth-order valence-corrected chi connectivity index (χ4v) is 22.2. The Morgan fingerprint density at radius 3 is 0.583 bits per heavy atom. The van der Waals surface area contributed by atoms with Gasteiger partial charge in [0, 0.05) is 153 Å². The average molecular weight is 1590 g/mol. The number of nitrogens with zero attached hydrogens (tertiary/aromatic N) is 6. The third kappa shape index (κ3) is 11.7. The number of rotatable bonds is 10. The summed E-state index contributed by atoms with van der Waals surface area (Å²) in [6.07, 6.45) is 8.03. The first kappa shape index (κ1) is 76.0. The third-order valence-corrected chi connectivity index (χ3v) is 30.0. The molecule has 14 nitrogen and oxygen atoms in total. The van der Waals surface area contributed by atoms with Crippen molar-refractivity contribution < 1.29 is 17.7 Å². The fourth-order valence-electron chi connectivity index (χ4n) is 22.2. The molecule has 0 N–H and O–H groups in total. The molecule has 8 aliphatic heterocycles. The lowest BCUT2D eigenvalue weighted by Crippen LogP contribution is -2.44. The van der Waals surface area contributed by atoms with E-state index in [1.165, 1.54) is 45.0 Å². The first-order valence-corrected chi connectivity index (χ1v) is 43.8. The van der Waals surface area contributed by atoms with Crippen molar-refractivity contribution in [1.29, 1.82) is 0 Å². The fraction of sp³-hybridized carbons (Fsp3) is 0.377. The highest BCUT2D eigenvalue weighted by atomic mass is 16.4. The predicted octanol–water partition coefficient (Wildman–Crippen LogP) is 24.4. The Hall–Kier alpha value is -11.4. The topological polar surface area (TPSA) is 140 Å². The first-order chi connectivity index (χ1) is 57.0. The molecule has 0 aliphatic carbocycles. The minimum atomic E-state index is -0.379. The summed E-state index contributed by atoms with van der Waals surface area (Å²) < 4.78 is 26.3. The van der Waals surface area contributed by atoms with Crippen LogP contribution < -0.4 is 51.9 Å². The minimum absolute atomic E-state index is 0.0616. The Morgan fingerprint density at radius 1 is 0.233 bits per heavy atom. The van der Waals surface area contributed by atoms with Gasteiger partial charge in [-0.1, -0.05) is 159 Å². The Labute approximate surface area is 702 Å². The highest BCUT2D eigenvalue weighted by Crippen LogP contribution is 2.58. The summed E-state index contributed by atoms with van der Waals surface area (Å²) in [6.45, 7) is 44.8.